The van der Waals surface area contributed by atoms with Crippen molar-refractivity contribution in [1.82, 2.24) is 5.32 Å². The topological polar surface area (TPSA) is 30.5 Å². The predicted octanol–water partition coefficient (Wildman–Crippen LogP) is 2.55. The molecule has 16 heavy (non-hydrogen) atoms. The van der Waals surface area contributed by atoms with Gasteiger partial charge in [-0.3, -0.25) is 0 Å². The van der Waals surface area contributed by atoms with Crippen LogP contribution in [0, 0.1) is 5.92 Å². The van der Waals surface area contributed by atoms with E-state index in [0.29, 0.717) is 6.04 Å². The maximum Gasteiger partial charge on any atom is 0.158 e. The maximum absolute atomic E-state index is 5.51. The summed E-state index contributed by atoms with van der Waals surface area (Å²) in [5, 5.41) is 3.62. The zero-order valence-electron chi connectivity index (χ0n) is 11.0. The lowest BCUT2D eigenvalue weighted by molar-refractivity contribution is -0.138. The second kappa shape index (κ2) is 8.04. The third-order valence-electron chi connectivity index (χ3n) is 3.35. The van der Waals surface area contributed by atoms with Crippen LogP contribution in [0.3, 0.4) is 0 Å². The lowest BCUT2D eigenvalue weighted by Gasteiger charge is -2.20. The van der Waals surface area contributed by atoms with Gasteiger partial charge in [-0.1, -0.05) is 13.3 Å². The molecule has 0 aromatic carbocycles. The fraction of sp³-hybridized carbons (Fsp3) is 1.00. The van der Waals surface area contributed by atoms with Crippen molar-refractivity contribution in [3.8, 4) is 0 Å². The van der Waals surface area contributed by atoms with E-state index in [9.17, 15) is 0 Å². The first-order valence-electron chi connectivity index (χ1n) is 6.74. The smallest absolute Gasteiger partial charge is 0.158 e. The van der Waals surface area contributed by atoms with Crippen LogP contribution in [-0.4, -0.2) is 32.1 Å². The minimum atomic E-state index is -0.0285. The van der Waals surface area contributed by atoms with E-state index in [-0.39, 0.29) is 6.29 Å². The number of ether oxygens (including phenoxy) is 2. The van der Waals surface area contributed by atoms with Crippen LogP contribution >= 0.6 is 0 Å². The number of nitrogens with one attached hydrogen (secondary N) is 1. The van der Waals surface area contributed by atoms with Crippen molar-refractivity contribution in [3.05, 3.63) is 0 Å². The Kier molecular flexibility index (Phi) is 7.01. The Morgan fingerprint density at radius 3 is 2.38 bits per heavy atom. The van der Waals surface area contributed by atoms with Crippen LogP contribution in [0.1, 0.15) is 46.5 Å². The van der Waals surface area contributed by atoms with E-state index < -0.39 is 0 Å². The molecule has 2 atom stereocenters. The number of hydrogen-bond donors (Lipinski definition) is 1. The third kappa shape index (κ3) is 4.81. The molecule has 0 aromatic heterocycles. The average Bonchev–Trinajstić information content (AvgIpc) is 2.65. The molecule has 3 heteroatoms. The van der Waals surface area contributed by atoms with E-state index in [2.05, 4.69) is 12.2 Å². The second-order valence-corrected chi connectivity index (χ2v) is 4.60. The Hall–Kier alpha value is -0.120. The summed E-state index contributed by atoms with van der Waals surface area (Å²) in [5.41, 5.74) is 0. The van der Waals surface area contributed by atoms with Crippen molar-refractivity contribution >= 4 is 0 Å². The van der Waals surface area contributed by atoms with E-state index in [1.54, 1.807) is 0 Å². The maximum atomic E-state index is 5.51. The molecule has 1 fully saturated rings. The summed E-state index contributed by atoms with van der Waals surface area (Å²) < 4.78 is 11.0. The molecule has 0 aliphatic heterocycles. The molecule has 3 nitrogen and oxygen atoms in total. The fourth-order valence-corrected chi connectivity index (χ4v) is 2.42. The van der Waals surface area contributed by atoms with Gasteiger partial charge in [0.2, 0.25) is 0 Å². The van der Waals surface area contributed by atoms with E-state index in [4.69, 9.17) is 9.47 Å². The summed E-state index contributed by atoms with van der Waals surface area (Å²) in [4.78, 5) is 0. The van der Waals surface area contributed by atoms with Crippen LogP contribution in [-0.2, 0) is 9.47 Å². The van der Waals surface area contributed by atoms with Crippen LogP contribution in [0.25, 0.3) is 0 Å². The van der Waals surface area contributed by atoms with Gasteiger partial charge in [-0.25, -0.2) is 0 Å². The second-order valence-electron chi connectivity index (χ2n) is 4.60. The highest BCUT2D eigenvalue weighted by Gasteiger charge is 2.22. The Labute approximate surface area is 99.9 Å². The summed E-state index contributed by atoms with van der Waals surface area (Å²) in [6.07, 6.45) is 5.00. The quantitative estimate of drug-likeness (QED) is 0.649. The van der Waals surface area contributed by atoms with Gasteiger partial charge in [0.15, 0.2) is 6.29 Å². The predicted molar refractivity (Wildman–Crippen MR) is 66.5 cm³/mol. The van der Waals surface area contributed by atoms with Gasteiger partial charge in [0.05, 0.1) is 0 Å². The summed E-state index contributed by atoms with van der Waals surface area (Å²) >= 11 is 0. The van der Waals surface area contributed by atoms with Gasteiger partial charge in [0.25, 0.3) is 0 Å². The zero-order chi connectivity index (χ0) is 11.8. The van der Waals surface area contributed by atoms with Crippen molar-refractivity contribution < 1.29 is 9.47 Å². The molecule has 1 saturated carbocycles. The van der Waals surface area contributed by atoms with Crippen molar-refractivity contribution in [2.24, 2.45) is 5.92 Å². The molecule has 2 unspecified atom stereocenters. The molecule has 1 N–H and O–H groups in total. The van der Waals surface area contributed by atoms with Crippen molar-refractivity contribution in [2.75, 3.05) is 19.8 Å². The lowest BCUT2D eigenvalue weighted by Crippen LogP contribution is -2.34. The highest BCUT2D eigenvalue weighted by molar-refractivity contribution is 4.79. The summed E-state index contributed by atoms with van der Waals surface area (Å²) in [5.74, 6) is 0.831. The largest absolute Gasteiger partial charge is 0.353 e. The number of rotatable bonds is 8. The normalized spacial score (nSPS) is 25.5. The fourth-order valence-electron chi connectivity index (χ4n) is 2.42. The van der Waals surface area contributed by atoms with Crippen LogP contribution in [0.15, 0.2) is 0 Å². The third-order valence-corrected chi connectivity index (χ3v) is 3.35. The molecule has 0 heterocycles. The molecular formula is C13H27NO2. The zero-order valence-corrected chi connectivity index (χ0v) is 11.0. The van der Waals surface area contributed by atoms with E-state index >= 15 is 0 Å². The molecule has 1 rings (SSSR count). The molecule has 96 valence electrons. The first-order chi connectivity index (χ1) is 7.77. The van der Waals surface area contributed by atoms with Crippen LogP contribution in [0.5, 0.6) is 0 Å². The van der Waals surface area contributed by atoms with Crippen molar-refractivity contribution in [1.29, 1.82) is 0 Å². The van der Waals surface area contributed by atoms with Crippen LogP contribution in [0.4, 0.5) is 0 Å². The summed E-state index contributed by atoms with van der Waals surface area (Å²) in [6, 6.07) is 0.712. The monoisotopic (exact) mass is 229 g/mol. The van der Waals surface area contributed by atoms with Gasteiger partial charge in [-0.2, -0.15) is 0 Å². The van der Waals surface area contributed by atoms with Gasteiger partial charge < -0.3 is 14.8 Å². The Balaban J connectivity index is 2.11. The van der Waals surface area contributed by atoms with Crippen molar-refractivity contribution in [2.45, 2.75) is 58.8 Å². The van der Waals surface area contributed by atoms with Gasteiger partial charge >= 0.3 is 0 Å². The first kappa shape index (κ1) is 13.9. The molecule has 0 spiro atoms. The minimum Gasteiger partial charge on any atom is -0.353 e. The van der Waals surface area contributed by atoms with Crippen molar-refractivity contribution in [3.63, 3.8) is 0 Å². The van der Waals surface area contributed by atoms with E-state index in [0.717, 1.165) is 32.1 Å². The minimum absolute atomic E-state index is 0.0285. The summed E-state index contributed by atoms with van der Waals surface area (Å²) in [7, 11) is 0. The molecule has 0 saturated heterocycles. The Morgan fingerprint density at radius 2 is 1.88 bits per heavy atom. The van der Waals surface area contributed by atoms with Crippen LogP contribution < -0.4 is 5.32 Å². The van der Waals surface area contributed by atoms with Crippen LogP contribution in [0.2, 0.25) is 0 Å². The Bertz CT molecular complexity index is 169. The van der Waals surface area contributed by atoms with Gasteiger partial charge in [0.1, 0.15) is 0 Å². The highest BCUT2D eigenvalue weighted by atomic mass is 16.7. The SMILES string of the molecule is CCOC(CCNC1CCCC1C)OCC. The standard InChI is InChI=1S/C13H27NO2/c1-4-15-13(16-5-2)9-10-14-12-8-6-7-11(12)3/h11-14H,4-10H2,1-3H3. The average molecular weight is 229 g/mol. The van der Waals surface area contributed by atoms with E-state index in [1.165, 1.54) is 19.3 Å². The van der Waals surface area contributed by atoms with E-state index in [1.807, 2.05) is 13.8 Å². The molecule has 0 aromatic rings. The molecule has 1 aliphatic carbocycles. The number of hydrogen-bond acceptors (Lipinski definition) is 3. The Morgan fingerprint density at radius 1 is 1.19 bits per heavy atom. The molecule has 0 radical (unpaired) electrons. The molecular weight excluding hydrogens is 202 g/mol. The summed E-state index contributed by atoms with van der Waals surface area (Å²) in [6.45, 7) is 8.82. The van der Waals surface area contributed by atoms with Gasteiger partial charge in [-0.05, 0) is 32.6 Å². The van der Waals surface area contributed by atoms with Gasteiger partial charge in [-0.15, -0.1) is 0 Å². The molecule has 1 aliphatic rings. The molecule has 0 amide bonds. The first-order valence-corrected chi connectivity index (χ1v) is 6.74. The van der Waals surface area contributed by atoms with Gasteiger partial charge in [0, 0.05) is 32.2 Å². The molecule has 0 bridgehead atoms. The lowest BCUT2D eigenvalue weighted by atomic mass is 10.1. The highest BCUT2D eigenvalue weighted by Crippen LogP contribution is 2.24.